The van der Waals surface area contributed by atoms with E-state index in [-0.39, 0.29) is 12.0 Å². The molecule has 1 N–H and O–H groups in total. The second kappa shape index (κ2) is 6.15. The van der Waals surface area contributed by atoms with Gasteiger partial charge < -0.3 is 14.7 Å². The maximum Gasteiger partial charge on any atom is 0.227 e. The lowest BCUT2D eigenvalue weighted by molar-refractivity contribution is -0.142. The Kier molecular flexibility index (Phi) is 4.26. The van der Waals surface area contributed by atoms with Crippen molar-refractivity contribution in [1.82, 2.24) is 14.7 Å². The maximum absolute atomic E-state index is 12.5. The highest BCUT2D eigenvalue weighted by atomic mass is 16.5. The van der Waals surface area contributed by atoms with Crippen LogP contribution in [0.2, 0.25) is 0 Å². The van der Waals surface area contributed by atoms with Crippen molar-refractivity contribution in [1.29, 1.82) is 0 Å². The molecule has 1 aromatic rings. The van der Waals surface area contributed by atoms with E-state index in [1.807, 2.05) is 10.9 Å². The zero-order chi connectivity index (χ0) is 14.8. The third-order valence-corrected chi connectivity index (χ3v) is 4.39. The molecule has 0 bridgehead atoms. The molecule has 21 heavy (non-hydrogen) atoms. The minimum atomic E-state index is -0.551. The number of aliphatic hydroxyl groups is 1. The van der Waals surface area contributed by atoms with Crippen molar-refractivity contribution in [3.63, 3.8) is 0 Å². The van der Waals surface area contributed by atoms with Gasteiger partial charge in [-0.3, -0.25) is 9.48 Å². The summed E-state index contributed by atoms with van der Waals surface area (Å²) < 4.78 is 7.52. The Morgan fingerprint density at radius 2 is 2.38 bits per heavy atom. The van der Waals surface area contributed by atoms with Crippen LogP contribution in [-0.2, 0) is 28.9 Å². The summed E-state index contributed by atoms with van der Waals surface area (Å²) in [5.74, 6) is 0.102. The molecule has 116 valence electrons. The topological polar surface area (TPSA) is 67.6 Å². The quantitative estimate of drug-likeness (QED) is 0.874. The number of hydrogen-bond acceptors (Lipinski definition) is 4. The monoisotopic (exact) mass is 293 g/mol. The number of carbonyl (C=O) groups excluding carboxylic acids is 1. The number of morpholine rings is 1. The second-order valence-corrected chi connectivity index (χ2v) is 5.96. The summed E-state index contributed by atoms with van der Waals surface area (Å²) in [6.45, 7) is 4.23. The van der Waals surface area contributed by atoms with Crippen LogP contribution >= 0.6 is 0 Å². The second-order valence-electron chi connectivity index (χ2n) is 5.96. The third-order valence-electron chi connectivity index (χ3n) is 4.39. The number of amides is 1. The Bertz CT molecular complexity index is 512. The summed E-state index contributed by atoms with van der Waals surface area (Å²) in [7, 11) is 0. The molecule has 0 aromatic carbocycles. The van der Waals surface area contributed by atoms with Gasteiger partial charge >= 0.3 is 0 Å². The summed E-state index contributed by atoms with van der Waals surface area (Å²) in [4.78, 5) is 14.3. The molecule has 0 aliphatic carbocycles. The van der Waals surface area contributed by atoms with Crippen LogP contribution in [0.5, 0.6) is 0 Å². The minimum Gasteiger partial charge on any atom is -0.391 e. The normalized spacial score (nSPS) is 23.7. The number of aliphatic hydroxyl groups excluding tert-OH is 1. The van der Waals surface area contributed by atoms with Gasteiger partial charge in [0.15, 0.2) is 0 Å². The van der Waals surface area contributed by atoms with Crippen molar-refractivity contribution in [2.75, 3.05) is 19.7 Å². The van der Waals surface area contributed by atoms with E-state index >= 15 is 0 Å². The maximum atomic E-state index is 12.5. The van der Waals surface area contributed by atoms with Gasteiger partial charge in [-0.05, 0) is 26.2 Å². The fourth-order valence-corrected chi connectivity index (χ4v) is 3.10. The van der Waals surface area contributed by atoms with Crippen LogP contribution in [0, 0.1) is 0 Å². The van der Waals surface area contributed by atoms with E-state index in [2.05, 4.69) is 5.10 Å². The number of aromatic nitrogens is 2. The Labute approximate surface area is 124 Å². The van der Waals surface area contributed by atoms with Gasteiger partial charge in [0.1, 0.15) is 6.10 Å². The predicted molar refractivity (Wildman–Crippen MR) is 76.9 cm³/mol. The van der Waals surface area contributed by atoms with Crippen LogP contribution in [-0.4, -0.2) is 57.6 Å². The van der Waals surface area contributed by atoms with Gasteiger partial charge in [-0.15, -0.1) is 0 Å². The zero-order valence-corrected chi connectivity index (χ0v) is 12.5. The molecule has 0 radical (unpaired) electrons. The molecule has 1 amide bonds. The van der Waals surface area contributed by atoms with Gasteiger partial charge in [0, 0.05) is 30.9 Å². The van der Waals surface area contributed by atoms with Crippen LogP contribution in [0.25, 0.3) is 0 Å². The molecular formula is C15H23N3O3. The number of fused-ring (bicyclic) bond motifs is 1. The lowest BCUT2D eigenvalue weighted by Gasteiger charge is -2.34. The standard InChI is InChI=1S/C15H23N3O3/c1-11(19)14-10-17(6-7-21-14)15(20)8-12-9-16-18-5-3-2-4-13(12)18/h9,11,14,19H,2-8,10H2,1H3. The minimum absolute atomic E-state index is 0.102. The zero-order valence-electron chi connectivity index (χ0n) is 12.5. The largest absolute Gasteiger partial charge is 0.391 e. The summed E-state index contributed by atoms with van der Waals surface area (Å²) >= 11 is 0. The first-order chi connectivity index (χ1) is 10.1. The lowest BCUT2D eigenvalue weighted by Crippen LogP contribution is -2.49. The van der Waals surface area contributed by atoms with Crippen molar-refractivity contribution in [2.45, 2.75) is 51.4 Å². The van der Waals surface area contributed by atoms with E-state index in [0.717, 1.165) is 18.5 Å². The number of ether oxygens (including phenoxy) is 1. The van der Waals surface area contributed by atoms with Gasteiger partial charge in [0.25, 0.3) is 0 Å². The van der Waals surface area contributed by atoms with E-state index < -0.39 is 6.10 Å². The number of nitrogens with zero attached hydrogens (tertiary/aromatic N) is 3. The molecule has 1 aromatic heterocycles. The van der Waals surface area contributed by atoms with Gasteiger partial charge in [-0.1, -0.05) is 0 Å². The summed E-state index contributed by atoms with van der Waals surface area (Å²) in [5.41, 5.74) is 2.27. The molecule has 0 spiro atoms. The highest BCUT2D eigenvalue weighted by Gasteiger charge is 2.28. The first-order valence-corrected chi connectivity index (χ1v) is 7.76. The van der Waals surface area contributed by atoms with Gasteiger partial charge in [-0.2, -0.15) is 5.10 Å². The van der Waals surface area contributed by atoms with Crippen LogP contribution in [0.1, 0.15) is 31.0 Å². The van der Waals surface area contributed by atoms with E-state index in [1.165, 1.54) is 18.5 Å². The number of hydrogen-bond donors (Lipinski definition) is 1. The fourth-order valence-electron chi connectivity index (χ4n) is 3.10. The van der Waals surface area contributed by atoms with Crippen molar-refractivity contribution in [3.05, 3.63) is 17.5 Å². The van der Waals surface area contributed by atoms with E-state index in [0.29, 0.717) is 26.1 Å². The molecule has 3 heterocycles. The fraction of sp³-hybridized carbons (Fsp3) is 0.733. The molecule has 3 rings (SSSR count). The van der Waals surface area contributed by atoms with E-state index in [9.17, 15) is 9.90 Å². The summed E-state index contributed by atoms with van der Waals surface area (Å²) in [5, 5.41) is 14.0. The molecule has 1 fully saturated rings. The molecular weight excluding hydrogens is 270 g/mol. The SMILES string of the molecule is CC(O)C1CN(C(=O)Cc2cnn3c2CCCC3)CCO1. The average Bonchev–Trinajstić information content (AvgIpc) is 2.91. The molecule has 2 aliphatic heterocycles. The van der Waals surface area contributed by atoms with Gasteiger partial charge in [-0.25, -0.2) is 0 Å². The average molecular weight is 293 g/mol. The molecule has 6 heteroatoms. The van der Waals surface area contributed by atoms with Crippen molar-refractivity contribution >= 4 is 5.91 Å². The molecule has 2 atom stereocenters. The van der Waals surface area contributed by atoms with E-state index in [1.54, 1.807) is 11.8 Å². The van der Waals surface area contributed by atoms with Crippen molar-refractivity contribution in [2.24, 2.45) is 0 Å². The van der Waals surface area contributed by atoms with Gasteiger partial charge in [0.05, 0.1) is 25.3 Å². The Morgan fingerprint density at radius 1 is 1.52 bits per heavy atom. The smallest absolute Gasteiger partial charge is 0.227 e. The summed E-state index contributed by atoms with van der Waals surface area (Å²) in [6, 6.07) is 0. The van der Waals surface area contributed by atoms with Crippen molar-refractivity contribution in [3.8, 4) is 0 Å². The van der Waals surface area contributed by atoms with Crippen LogP contribution in [0.3, 0.4) is 0 Å². The van der Waals surface area contributed by atoms with Gasteiger partial charge in [0.2, 0.25) is 5.91 Å². The lowest BCUT2D eigenvalue weighted by atomic mass is 10.0. The van der Waals surface area contributed by atoms with E-state index in [4.69, 9.17) is 4.74 Å². The van der Waals surface area contributed by atoms with Crippen LogP contribution in [0.15, 0.2) is 6.20 Å². The molecule has 2 aliphatic rings. The molecule has 0 saturated carbocycles. The molecule has 1 saturated heterocycles. The molecule has 2 unspecified atom stereocenters. The number of carbonyl (C=O) groups is 1. The molecule has 6 nitrogen and oxygen atoms in total. The number of aryl methyl sites for hydroxylation is 1. The van der Waals surface area contributed by atoms with Crippen molar-refractivity contribution < 1.29 is 14.6 Å². The highest BCUT2D eigenvalue weighted by molar-refractivity contribution is 5.79. The van der Waals surface area contributed by atoms with Crippen LogP contribution < -0.4 is 0 Å². The first kappa shape index (κ1) is 14.5. The highest BCUT2D eigenvalue weighted by Crippen LogP contribution is 2.19. The third kappa shape index (κ3) is 3.11. The Balaban J connectivity index is 1.65. The number of rotatable bonds is 3. The predicted octanol–water partition coefficient (Wildman–Crippen LogP) is 0.370. The summed E-state index contributed by atoms with van der Waals surface area (Å²) in [6.07, 6.45) is 4.78. The van der Waals surface area contributed by atoms with Crippen LogP contribution in [0.4, 0.5) is 0 Å². The first-order valence-electron chi connectivity index (χ1n) is 7.76. The Morgan fingerprint density at radius 3 is 3.19 bits per heavy atom. The Hall–Kier alpha value is -1.40.